The normalized spacial score (nSPS) is 18.7. The fourth-order valence-corrected chi connectivity index (χ4v) is 4.20. The second-order valence-corrected chi connectivity index (χ2v) is 8.92. The molecule has 1 heterocycles. The maximum Gasteiger partial charge on any atom is 0.240 e. The maximum absolute atomic E-state index is 12.6. The van der Waals surface area contributed by atoms with Crippen molar-refractivity contribution in [2.24, 2.45) is 0 Å². The van der Waals surface area contributed by atoms with Gasteiger partial charge in [0, 0.05) is 18.2 Å². The summed E-state index contributed by atoms with van der Waals surface area (Å²) in [6, 6.07) is 7.07. The Morgan fingerprint density at radius 1 is 1.22 bits per heavy atom. The smallest absolute Gasteiger partial charge is 0.240 e. The van der Waals surface area contributed by atoms with Gasteiger partial charge in [-0.25, -0.2) is 13.1 Å². The molecule has 5 nitrogen and oxygen atoms in total. The van der Waals surface area contributed by atoms with Crippen LogP contribution in [-0.2, 0) is 28.3 Å². The number of fused-ring (bicyclic) bond motifs is 1. The molecule has 23 heavy (non-hydrogen) atoms. The molecule has 2 aromatic rings. The molecule has 0 aliphatic heterocycles. The molecule has 1 atom stereocenters. The van der Waals surface area contributed by atoms with Crippen molar-refractivity contribution >= 4 is 10.0 Å². The zero-order chi connectivity index (χ0) is 16.7. The largest absolute Gasteiger partial charge is 0.282 e. The van der Waals surface area contributed by atoms with Gasteiger partial charge in [0.15, 0.2) is 0 Å². The van der Waals surface area contributed by atoms with Crippen LogP contribution in [0.5, 0.6) is 0 Å². The van der Waals surface area contributed by atoms with Gasteiger partial charge < -0.3 is 0 Å². The van der Waals surface area contributed by atoms with Gasteiger partial charge in [-0.1, -0.05) is 32.9 Å². The van der Waals surface area contributed by atoms with Crippen LogP contribution in [0.15, 0.2) is 35.4 Å². The van der Waals surface area contributed by atoms with Crippen LogP contribution in [0.3, 0.4) is 0 Å². The zero-order valence-corrected chi connectivity index (χ0v) is 14.6. The van der Waals surface area contributed by atoms with E-state index in [0.29, 0.717) is 11.3 Å². The summed E-state index contributed by atoms with van der Waals surface area (Å²) in [5, 5.41) is 6.98. The second-order valence-electron chi connectivity index (χ2n) is 7.21. The Bertz CT molecular complexity index is 786. The lowest BCUT2D eigenvalue weighted by Gasteiger charge is -2.23. The highest BCUT2D eigenvalue weighted by Crippen LogP contribution is 2.24. The van der Waals surface area contributed by atoms with Crippen LogP contribution < -0.4 is 4.72 Å². The molecular weight excluding hydrogens is 310 g/mol. The molecule has 3 rings (SSSR count). The van der Waals surface area contributed by atoms with Crippen LogP contribution in [0.25, 0.3) is 0 Å². The summed E-state index contributed by atoms with van der Waals surface area (Å²) in [6.07, 6.45) is 4.13. The van der Waals surface area contributed by atoms with Gasteiger partial charge in [0.1, 0.15) is 0 Å². The highest BCUT2D eigenvalue weighted by molar-refractivity contribution is 7.89. The standard InChI is InChI=1S/C17H23N3O2S/c1-17(2,3)13-5-8-15(9-6-13)23(21,22)20-14-7-4-12-11-18-19-16(12)10-14/h5-6,8-9,11,14,20H,4,7,10H2,1-3H3,(H,18,19). The summed E-state index contributed by atoms with van der Waals surface area (Å²) in [5.74, 6) is 0. The molecule has 0 saturated heterocycles. The topological polar surface area (TPSA) is 74.8 Å². The second kappa shape index (κ2) is 5.76. The van der Waals surface area contributed by atoms with Crippen molar-refractivity contribution in [2.75, 3.05) is 0 Å². The molecule has 0 amide bonds. The number of aryl methyl sites for hydroxylation is 1. The van der Waals surface area contributed by atoms with Crippen LogP contribution >= 0.6 is 0 Å². The summed E-state index contributed by atoms with van der Waals surface area (Å²) in [4.78, 5) is 0.320. The van der Waals surface area contributed by atoms with Gasteiger partial charge in [0.2, 0.25) is 10.0 Å². The SMILES string of the molecule is CC(C)(C)c1ccc(S(=O)(=O)NC2CCc3cn[nH]c3C2)cc1. The van der Waals surface area contributed by atoms with E-state index in [1.54, 1.807) is 12.1 Å². The van der Waals surface area contributed by atoms with Crippen molar-refractivity contribution in [1.29, 1.82) is 0 Å². The van der Waals surface area contributed by atoms with Gasteiger partial charge in [0.05, 0.1) is 11.1 Å². The van der Waals surface area contributed by atoms with Gasteiger partial charge >= 0.3 is 0 Å². The predicted octanol–water partition coefficient (Wildman–Crippen LogP) is 2.54. The Labute approximate surface area is 137 Å². The van der Waals surface area contributed by atoms with Gasteiger partial charge in [0.25, 0.3) is 0 Å². The molecule has 1 aliphatic carbocycles. The third-order valence-electron chi connectivity index (χ3n) is 4.37. The molecule has 0 bridgehead atoms. The van der Waals surface area contributed by atoms with Gasteiger partial charge in [-0.05, 0) is 41.5 Å². The van der Waals surface area contributed by atoms with Crippen LogP contribution in [-0.4, -0.2) is 24.7 Å². The first-order chi connectivity index (χ1) is 10.8. The zero-order valence-electron chi connectivity index (χ0n) is 13.8. The third-order valence-corrected chi connectivity index (χ3v) is 5.91. The average Bonchev–Trinajstić information content (AvgIpc) is 2.93. The molecule has 1 unspecified atom stereocenters. The number of hydrogen-bond acceptors (Lipinski definition) is 3. The van der Waals surface area contributed by atoms with E-state index in [4.69, 9.17) is 0 Å². The lowest BCUT2D eigenvalue weighted by atomic mass is 9.87. The first-order valence-electron chi connectivity index (χ1n) is 7.90. The quantitative estimate of drug-likeness (QED) is 0.906. The van der Waals surface area contributed by atoms with Crippen molar-refractivity contribution in [1.82, 2.24) is 14.9 Å². The summed E-state index contributed by atoms with van der Waals surface area (Å²) >= 11 is 0. The van der Waals surface area contributed by atoms with Gasteiger partial charge in [-0.3, -0.25) is 5.10 Å². The average molecular weight is 333 g/mol. The van der Waals surface area contributed by atoms with Crippen molar-refractivity contribution in [3.8, 4) is 0 Å². The number of sulfonamides is 1. The highest BCUT2D eigenvalue weighted by atomic mass is 32.2. The molecule has 0 fully saturated rings. The Hall–Kier alpha value is -1.66. The van der Waals surface area contributed by atoms with Crippen LogP contribution in [0.2, 0.25) is 0 Å². The molecule has 0 saturated carbocycles. The minimum atomic E-state index is -3.49. The summed E-state index contributed by atoms with van der Waals surface area (Å²) in [6.45, 7) is 6.33. The Kier molecular flexibility index (Phi) is 4.06. The Morgan fingerprint density at radius 2 is 1.91 bits per heavy atom. The van der Waals surface area contributed by atoms with E-state index < -0.39 is 10.0 Å². The van der Waals surface area contributed by atoms with Gasteiger partial charge in [-0.2, -0.15) is 5.10 Å². The van der Waals surface area contributed by atoms with E-state index in [2.05, 4.69) is 35.7 Å². The summed E-state index contributed by atoms with van der Waals surface area (Å²) in [5.41, 5.74) is 3.36. The van der Waals surface area contributed by atoms with Crippen LogP contribution in [0, 0.1) is 0 Å². The van der Waals surface area contributed by atoms with Crippen molar-refractivity contribution in [3.63, 3.8) is 0 Å². The Morgan fingerprint density at radius 3 is 2.57 bits per heavy atom. The van der Waals surface area contributed by atoms with E-state index in [0.717, 1.165) is 24.1 Å². The number of nitrogens with zero attached hydrogens (tertiary/aromatic N) is 1. The van der Waals surface area contributed by atoms with Crippen LogP contribution in [0.4, 0.5) is 0 Å². The molecule has 6 heteroatoms. The molecule has 1 aromatic heterocycles. The van der Waals surface area contributed by atoms with Crippen molar-refractivity contribution in [2.45, 2.75) is 56.4 Å². The Balaban J connectivity index is 1.75. The minimum absolute atomic E-state index is 0.0100. The molecule has 1 aliphatic rings. The fourth-order valence-electron chi connectivity index (χ4n) is 2.93. The van der Waals surface area contributed by atoms with E-state index in [9.17, 15) is 8.42 Å². The lowest BCUT2D eigenvalue weighted by Crippen LogP contribution is -2.38. The van der Waals surface area contributed by atoms with E-state index >= 15 is 0 Å². The number of nitrogens with one attached hydrogen (secondary N) is 2. The summed E-state index contributed by atoms with van der Waals surface area (Å²) < 4.78 is 28.0. The molecule has 1 aromatic carbocycles. The molecule has 2 N–H and O–H groups in total. The molecule has 0 spiro atoms. The monoisotopic (exact) mass is 333 g/mol. The first-order valence-corrected chi connectivity index (χ1v) is 9.38. The van der Waals surface area contributed by atoms with E-state index in [1.807, 2.05) is 18.3 Å². The molecular formula is C17H23N3O2S. The number of hydrogen-bond donors (Lipinski definition) is 2. The highest BCUT2D eigenvalue weighted by Gasteiger charge is 2.25. The number of aromatic nitrogens is 2. The number of rotatable bonds is 3. The lowest BCUT2D eigenvalue weighted by molar-refractivity contribution is 0.503. The summed E-state index contributed by atoms with van der Waals surface area (Å²) in [7, 11) is -3.49. The number of aromatic amines is 1. The first kappa shape index (κ1) is 16.2. The fraction of sp³-hybridized carbons (Fsp3) is 0.471. The third kappa shape index (κ3) is 3.48. The maximum atomic E-state index is 12.6. The number of H-pyrrole nitrogens is 1. The van der Waals surface area contributed by atoms with Gasteiger partial charge in [-0.15, -0.1) is 0 Å². The van der Waals surface area contributed by atoms with E-state index in [-0.39, 0.29) is 11.5 Å². The minimum Gasteiger partial charge on any atom is -0.282 e. The molecule has 124 valence electrons. The van der Waals surface area contributed by atoms with Crippen LogP contribution in [0.1, 0.15) is 44.0 Å². The van der Waals surface area contributed by atoms with Crippen molar-refractivity contribution < 1.29 is 8.42 Å². The predicted molar refractivity (Wildman–Crippen MR) is 89.9 cm³/mol. The number of benzene rings is 1. The van der Waals surface area contributed by atoms with E-state index in [1.165, 1.54) is 5.56 Å². The van der Waals surface area contributed by atoms with Crippen molar-refractivity contribution in [3.05, 3.63) is 47.3 Å². The molecule has 0 radical (unpaired) electrons.